The van der Waals surface area contributed by atoms with E-state index in [1.807, 2.05) is 4.90 Å². The summed E-state index contributed by atoms with van der Waals surface area (Å²) in [6, 6.07) is 1.74. The van der Waals surface area contributed by atoms with Crippen molar-refractivity contribution in [1.29, 1.82) is 0 Å². The molecule has 1 aromatic rings. The van der Waals surface area contributed by atoms with E-state index in [0.29, 0.717) is 24.7 Å². The highest BCUT2D eigenvalue weighted by Crippen LogP contribution is 2.13. The number of aryl methyl sites for hydroxylation is 1. The number of piperazine rings is 1. The van der Waals surface area contributed by atoms with E-state index in [0.717, 1.165) is 0 Å². The standard InChI is InChI=1S/C11H14N4O3.CH2O2/c1-8-12-3-2-9(13-8)14-4-5-15(7-11(17)18)10(16)6-14;2-1-3/h2-3H,4-7H2,1H3,(H,17,18);1H,(H,2,3). The van der Waals surface area contributed by atoms with Crippen LogP contribution in [0.4, 0.5) is 5.82 Å². The average Bonchev–Trinajstić information content (AvgIpc) is 2.41. The average molecular weight is 296 g/mol. The summed E-state index contributed by atoms with van der Waals surface area (Å²) in [4.78, 5) is 42.1. The van der Waals surface area contributed by atoms with Crippen molar-refractivity contribution in [2.45, 2.75) is 6.92 Å². The third-order valence-electron chi connectivity index (χ3n) is 2.73. The Balaban J connectivity index is 0.000000677. The minimum atomic E-state index is -0.991. The molecule has 0 aliphatic carbocycles. The van der Waals surface area contributed by atoms with Gasteiger partial charge in [-0.05, 0) is 13.0 Å². The van der Waals surface area contributed by atoms with Gasteiger partial charge in [0.1, 0.15) is 18.2 Å². The lowest BCUT2D eigenvalue weighted by Crippen LogP contribution is -2.52. The topological polar surface area (TPSA) is 124 Å². The van der Waals surface area contributed by atoms with Gasteiger partial charge in [-0.25, -0.2) is 9.97 Å². The first-order valence-corrected chi connectivity index (χ1v) is 6.10. The van der Waals surface area contributed by atoms with Gasteiger partial charge >= 0.3 is 5.97 Å². The summed E-state index contributed by atoms with van der Waals surface area (Å²) in [5.74, 6) is 0.160. The third-order valence-corrected chi connectivity index (χ3v) is 2.73. The number of carbonyl (C=O) groups excluding carboxylic acids is 1. The van der Waals surface area contributed by atoms with Gasteiger partial charge in [0.2, 0.25) is 5.91 Å². The lowest BCUT2D eigenvalue weighted by Gasteiger charge is -2.34. The Hall–Kier alpha value is -2.71. The highest BCUT2D eigenvalue weighted by Gasteiger charge is 2.26. The molecule has 0 aromatic carbocycles. The Kier molecular flexibility index (Phi) is 6.05. The Morgan fingerprint density at radius 3 is 2.67 bits per heavy atom. The van der Waals surface area contributed by atoms with Crippen molar-refractivity contribution in [3.8, 4) is 0 Å². The van der Waals surface area contributed by atoms with E-state index in [9.17, 15) is 9.59 Å². The molecule has 2 heterocycles. The molecular formula is C12H16N4O5. The number of aromatic nitrogens is 2. The predicted octanol–water partition coefficient (Wildman–Crippen LogP) is -0.781. The first-order chi connectivity index (χ1) is 9.97. The van der Waals surface area contributed by atoms with Crippen LogP contribution in [0, 0.1) is 6.92 Å². The zero-order chi connectivity index (χ0) is 15.8. The molecule has 1 saturated heterocycles. The fourth-order valence-corrected chi connectivity index (χ4v) is 1.85. The van der Waals surface area contributed by atoms with Crippen molar-refractivity contribution in [3.63, 3.8) is 0 Å². The maximum absolute atomic E-state index is 11.8. The van der Waals surface area contributed by atoms with Gasteiger partial charge in [-0.1, -0.05) is 0 Å². The second kappa shape index (κ2) is 7.78. The molecule has 0 radical (unpaired) electrons. The molecule has 2 rings (SSSR count). The van der Waals surface area contributed by atoms with Crippen LogP contribution in [-0.2, 0) is 14.4 Å². The third kappa shape index (κ3) is 5.05. The monoisotopic (exact) mass is 296 g/mol. The van der Waals surface area contributed by atoms with E-state index >= 15 is 0 Å². The highest BCUT2D eigenvalue weighted by molar-refractivity contribution is 5.85. The number of carboxylic acids is 1. The van der Waals surface area contributed by atoms with Crippen LogP contribution in [0.1, 0.15) is 5.82 Å². The Morgan fingerprint density at radius 2 is 2.14 bits per heavy atom. The van der Waals surface area contributed by atoms with E-state index in [1.54, 1.807) is 19.2 Å². The summed E-state index contributed by atoms with van der Waals surface area (Å²) in [5, 5.41) is 15.6. The first-order valence-electron chi connectivity index (χ1n) is 6.10. The fourth-order valence-electron chi connectivity index (χ4n) is 1.85. The van der Waals surface area contributed by atoms with Gasteiger partial charge in [-0.15, -0.1) is 0 Å². The van der Waals surface area contributed by atoms with Crippen molar-refractivity contribution in [3.05, 3.63) is 18.1 Å². The zero-order valence-electron chi connectivity index (χ0n) is 11.5. The second-order valence-corrected chi connectivity index (χ2v) is 4.20. The summed E-state index contributed by atoms with van der Waals surface area (Å²) in [6.07, 6.45) is 1.64. The molecule has 0 bridgehead atoms. The minimum Gasteiger partial charge on any atom is -0.483 e. The minimum absolute atomic E-state index is 0.156. The van der Waals surface area contributed by atoms with Crippen LogP contribution in [0.15, 0.2) is 12.3 Å². The van der Waals surface area contributed by atoms with Crippen molar-refractivity contribution in [1.82, 2.24) is 14.9 Å². The number of anilines is 1. The molecule has 1 aliphatic heterocycles. The van der Waals surface area contributed by atoms with Crippen LogP contribution in [-0.4, -0.2) is 69.6 Å². The molecule has 114 valence electrons. The number of amides is 1. The van der Waals surface area contributed by atoms with Crippen molar-refractivity contribution in [2.24, 2.45) is 0 Å². The lowest BCUT2D eigenvalue weighted by molar-refractivity contribution is -0.144. The van der Waals surface area contributed by atoms with Crippen molar-refractivity contribution < 1.29 is 24.6 Å². The summed E-state index contributed by atoms with van der Waals surface area (Å²) in [7, 11) is 0. The molecule has 2 N–H and O–H groups in total. The maximum Gasteiger partial charge on any atom is 0.323 e. The van der Waals surface area contributed by atoms with Gasteiger partial charge in [0, 0.05) is 19.3 Å². The van der Waals surface area contributed by atoms with Gasteiger partial charge in [-0.3, -0.25) is 14.4 Å². The van der Waals surface area contributed by atoms with Gasteiger partial charge in [-0.2, -0.15) is 0 Å². The van der Waals surface area contributed by atoms with Crippen LogP contribution in [0.2, 0.25) is 0 Å². The normalized spacial score (nSPS) is 14.2. The SMILES string of the molecule is Cc1nccc(N2CCN(CC(=O)O)C(=O)C2)n1.O=CO. The molecule has 0 unspecified atom stereocenters. The molecule has 9 heteroatoms. The van der Waals surface area contributed by atoms with Crippen LogP contribution >= 0.6 is 0 Å². The molecule has 1 aliphatic rings. The Labute approximate surface area is 120 Å². The summed E-state index contributed by atoms with van der Waals surface area (Å²) in [6.45, 7) is 2.43. The van der Waals surface area contributed by atoms with Crippen LogP contribution < -0.4 is 4.90 Å². The van der Waals surface area contributed by atoms with Crippen molar-refractivity contribution in [2.75, 3.05) is 31.1 Å². The van der Waals surface area contributed by atoms with Crippen molar-refractivity contribution >= 4 is 24.2 Å². The molecule has 1 amide bonds. The second-order valence-electron chi connectivity index (χ2n) is 4.20. The molecule has 0 spiro atoms. The number of nitrogens with zero attached hydrogens (tertiary/aromatic N) is 4. The summed E-state index contributed by atoms with van der Waals surface area (Å²) in [5.41, 5.74) is 0. The maximum atomic E-state index is 11.8. The van der Waals surface area contributed by atoms with Gasteiger partial charge in [0.25, 0.3) is 6.47 Å². The van der Waals surface area contributed by atoms with E-state index in [1.165, 1.54) is 4.90 Å². The summed E-state index contributed by atoms with van der Waals surface area (Å²) >= 11 is 0. The first kappa shape index (κ1) is 16.3. The van der Waals surface area contributed by atoms with Crippen LogP contribution in [0.3, 0.4) is 0 Å². The van der Waals surface area contributed by atoms with Gasteiger partial charge in [0.15, 0.2) is 0 Å². The van der Waals surface area contributed by atoms with E-state index in [-0.39, 0.29) is 25.5 Å². The Morgan fingerprint density at radius 1 is 1.48 bits per heavy atom. The van der Waals surface area contributed by atoms with Gasteiger partial charge in [0.05, 0.1) is 6.54 Å². The molecule has 0 saturated carbocycles. The lowest BCUT2D eigenvalue weighted by atomic mass is 10.3. The molecular weight excluding hydrogens is 280 g/mol. The van der Waals surface area contributed by atoms with Gasteiger partial charge < -0.3 is 20.0 Å². The van der Waals surface area contributed by atoms with E-state index < -0.39 is 5.97 Å². The molecule has 21 heavy (non-hydrogen) atoms. The zero-order valence-corrected chi connectivity index (χ0v) is 11.5. The molecule has 0 atom stereocenters. The van der Waals surface area contributed by atoms with Crippen LogP contribution in [0.25, 0.3) is 0 Å². The van der Waals surface area contributed by atoms with E-state index in [2.05, 4.69) is 9.97 Å². The highest BCUT2D eigenvalue weighted by atomic mass is 16.4. The largest absolute Gasteiger partial charge is 0.483 e. The van der Waals surface area contributed by atoms with Crippen LogP contribution in [0.5, 0.6) is 0 Å². The summed E-state index contributed by atoms with van der Waals surface area (Å²) < 4.78 is 0. The number of hydrogen-bond acceptors (Lipinski definition) is 6. The number of carboxylic acid groups (broad SMARTS) is 2. The predicted molar refractivity (Wildman–Crippen MR) is 71.9 cm³/mol. The molecule has 9 nitrogen and oxygen atoms in total. The smallest absolute Gasteiger partial charge is 0.323 e. The number of aliphatic carboxylic acids is 1. The Bertz CT molecular complexity index is 522. The number of carbonyl (C=O) groups is 3. The van der Waals surface area contributed by atoms with E-state index in [4.69, 9.17) is 15.0 Å². The molecule has 1 aromatic heterocycles. The number of rotatable bonds is 3. The fraction of sp³-hybridized carbons (Fsp3) is 0.417. The number of hydrogen-bond donors (Lipinski definition) is 2. The quantitative estimate of drug-likeness (QED) is 0.696. The molecule has 1 fully saturated rings.